The van der Waals surface area contributed by atoms with Crippen LogP contribution in [0.2, 0.25) is 0 Å². The summed E-state index contributed by atoms with van der Waals surface area (Å²) in [5.74, 6) is 1.16. The molecule has 1 aliphatic heterocycles. The predicted molar refractivity (Wildman–Crippen MR) is 78.6 cm³/mol. The van der Waals surface area contributed by atoms with E-state index in [2.05, 4.69) is 9.97 Å². The van der Waals surface area contributed by atoms with Crippen molar-refractivity contribution in [3.8, 4) is 5.88 Å². The normalized spacial score (nSPS) is 15.8. The third-order valence-corrected chi connectivity index (χ3v) is 3.04. The van der Waals surface area contributed by atoms with Crippen molar-refractivity contribution >= 4 is 12.0 Å². The Morgan fingerprint density at radius 2 is 1.90 bits per heavy atom. The molecule has 0 unspecified atom stereocenters. The lowest BCUT2D eigenvalue weighted by Gasteiger charge is -2.35. The fourth-order valence-corrected chi connectivity index (χ4v) is 2.01. The van der Waals surface area contributed by atoms with Gasteiger partial charge in [-0.1, -0.05) is 0 Å². The largest absolute Gasteiger partial charge is 0.481 e. The van der Waals surface area contributed by atoms with Crippen LogP contribution < -0.4 is 9.64 Å². The SMILES string of the molecule is COc1ccnc(N2CCN(C(=O)OC(C)(C)C)CC2)n1. The van der Waals surface area contributed by atoms with Gasteiger partial charge < -0.3 is 19.3 Å². The lowest BCUT2D eigenvalue weighted by Crippen LogP contribution is -2.50. The van der Waals surface area contributed by atoms with E-state index in [1.165, 1.54) is 0 Å². The molecule has 0 saturated carbocycles. The molecule has 0 bridgehead atoms. The van der Waals surface area contributed by atoms with Gasteiger partial charge in [0.2, 0.25) is 11.8 Å². The first-order valence-corrected chi connectivity index (χ1v) is 6.99. The van der Waals surface area contributed by atoms with E-state index in [0.717, 1.165) is 0 Å². The van der Waals surface area contributed by atoms with Crippen molar-refractivity contribution in [3.63, 3.8) is 0 Å². The van der Waals surface area contributed by atoms with Gasteiger partial charge in [-0.15, -0.1) is 0 Å². The number of rotatable bonds is 2. The number of ether oxygens (including phenoxy) is 2. The minimum absolute atomic E-state index is 0.270. The first-order chi connectivity index (χ1) is 9.89. The molecule has 7 nitrogen and oxygen atoms in total. The molecule has 0 aliphatic carbocycles. The number of methoxy groups -OCH3 is 1. The fraction of sp³-hybridized carbons (Fsp3) is 0.643. The number of amides is 1. The number of anilines is 1. The highest BCUT2D eigenvalue weighted by Crippen LogP contribution is 2.16. The molecule has 0 radical (unpaired) electrons. The van der Waals surface area contributed by atoms with E-state index in [1.807, 2.05) is 25.7 Å². The van der Waals surface area contributed by atoms with Gasteiger partial charge in [0.15, 0.2) is 0 Å². The Hall–Kier alpha value is -2.05. The maximum atomic E-state index is 12.0. The first-order valence-electron chi connectivity index (χ1n) is 6.99. The number of carbonyl (C=O) groups excluding carboxylic acids is 1. The molecule has 0 aromatic carbocycles. The van der Waals surface area contributed by atoms with Crippen molar-refractivity contribution in [2.24, 2.45) is 0 Å². The van der Waals surface area contributed by atoms with Gasteiger partial charge in [0.1, 0.15) is 5.60 Å². The molecule has 2 rings (SSSR count). The smallest absolute Gasteiger partial charge is 0.410 e. The van der Waals surface area contributed by atoms with E-state index in [9.17, 15) is 4.79 Å². The summed E-state index contributed by atoms with van der Waals surface area (Å²) in [5, 5.41) is 0. The quantitative estimate of drug-likeness (QED) is 0.824. The summed E-state index contributed by atoms with van der Waals surface area (Å²) in [6, 6.07) is 1.71. The van der Waals surface area contributed by atoms with Gasteiger partial charge in [0, 0.05) is 38.4 Å². The summed E-state index contributed by atoms with van der Waals surface area (Å²) in [6.45, 7) is 8.13. The van der Waals surface area contributed by atoms with E-state index >= 15 is 0 Å². The molecule has 1 fully saturated rings. The minimum Gasteiger partial charge on any atom is -0.481 e. The van der Waals surface area contributed by atoms with Gasteiger partial charge in [0.25, 0.3) is 0 Å². The van der Waals surface area contributed by atoms with Crippen LogP contribution in [-0.4, -0.2) is 59.9 Å². The molecule has 21 heavy (non-hydrogen) atoms. The molecule has 0 spiro atoms. The van der Waals surface area contributed by atoms with Crippen molar-refractivity contribution in [1.29, 1.82) is 0 Å². The molecule has 7 heteroatoms. The Morgan fingerprint density at radius 1 is 1.24 bits per heavy atom. The average molecular weight is 294 g/mol. The average Bonchev–Trinajstić information content (AvgIpc) is 2.46. The second-order valence-electron chi connectivity index (χ2n) is 5.85. The highest BCUT2D eigenvalue weighted by Gasteiger charge is 2.26. The molecule has 116 valence electrons. The maximum absolute atomic E-state index is 12.0. The second kappa shape index (κ2) is 6.15. The van der Waals surface area contributed by atoms with Crippen molar-refractivity contribution in [3.05, 3.63) is 12.3 Å². The number of carbonyl (C=O) groups is 1. The molecular formula is C14H22N4O3. The standard InChI is InChI=1S/C14H22N4O3/c1-14(2,3)21-13(19)18-9-7-17(8-10-18)12-15-6-5-11(16-12)20-4/h5-6H,7-10H2,1-4H3. The summed E-state index contributed by atoms with van der Waals surface area (Å²) in [6.07, 6.45) is 1.40. The van der Waals surface area contributed by atoms with E-state index < -0.39 is 5.60 Å². The molecule has 1 aromatic heterocycles. The summed E-state index contributed by atoms with van der Waals surface area (Å²) in [4.78, 5) is 24.3. The number of aromatic nitrogens is 2. The van der Waals surface area contributed by atoms with Crippen LogP contribution in [0.1, 0.15) is 20.8 Å². The summed E-state index contributed by atoms with van der Waals surface area (Å²) < 4.78 is 10.5. The van der Waals surface area contributed by atoms with Crippen molar-refractivity contribution < 1.29 is 14.3 Å². The van der Waals surface area contributed by atoms with Crippen molar-refractivity contribution in [2.75, 3.05) is 38.2 Å². The van der Waals surface area contributed by atoms with E-state index in [4.69, 9.17) is 9.47 Å². The summed E-state index contributed by atoms with van der Waals surface area (Å²) in [7, 11) is 1.58. The Balaban J connectivity index is 1.92. The Kier molecular flexibility index (Phi) is 4.50. The molecule has 0 atom stereocenters. The monoisotopic (exact) mass is 294 g/mol. The fourth-order valence-electron chi connectivity index (χ4n) is 2.01. The molecular weight excluding hydrogens is 272 g/mol. The zero-order valence-corrected chi connectivity index (χ0v) is 13.0. The number of hydrogen-bond donors (Lipinski definition) is 0. The number of piperazine rings is 1. The first kappa shape index (κ1) is 15.3. The van der Waals surface area contributed by atoms with Gasteiger partial charge in [-0.2, -0.15) is 4.98 Å². The van der Waals surface area contributed by atoms with Gasteiger partial charge in [0.05, 0.1) is 7.11 Å². The topological polar surface area (TPSA) is 67.8 Å². The molecule has 1 aliphatic rings. The highest BCUT2D eigenvalue weighted by molar-refractivity contribution is 5.68. The van der Waals surface area contributed by atoms with Crippen LogP contribution in [0.4, 0.5) is 10.7 Å². The minimum atomic E-state index is -0.468. The number of hydrogen-bond acceptors (Lipinski definition) is 6. The van der Waals surface area contributed by atoms with Crippen molar-refractivity contribution in [2.45, 2.75) is 26.4 Å². The molecule has 1 saturated heterocycles. The van der Waals surface area contributed by atoms with Crippen LogP contribution in [0, 0.1) is 0 Å². The maximum Gasteiger partial charge on any atom is 0.410 e. The second-order valence-corrected chi connectivity index (χ2v) is 5.85. The zero-order valence-electron chi connectivity index (χ0n) is 13.0. The Bertz CT molecular complexity index is 493. The van der Waals surface area contributed by atoms with Crippen molar-refractivity contribution in [1.82, 2.24) is 14.9 Å². The van der Waals surface area contributed by atoms with Gasteiger partial charge in [-0.3, -0.25) is 0 Å². The molecule has 2 heterocycles. The van der Waals surface area contributed by atoms with Crippen LogP contribution in [-0.2, 0) is 4.74 Å². The third kappa shape index (κ3) is 4.21. The number of nitrogens with zero attached hydrogens (tertiary/aromatic N) is 4. The predicted octanol–water partition coefficient (Wildman–Crippen LogP) is 1.54. The zero-order chi connectivity index (χ0) is 15.5. The molecule has 1 amide bonds. The van der Waals surface area contributed by atoms with Gasteiger partial charge in [-0.05, 0) is 20.8 Å². The van der Waals surface area contributed by atoms with Crippen LogP contribution in [0.3, 0.4) is 0 Å². The van der Waals surface area contributed by atoms with E-state index in [1.54, 1.807) is 24.3 Å². The van der Waals surface area contributed by atoms with E-state index in [-0.39, 0.29) is 6.09 Å². The summed E-state index contributed by atoms with van der Waals surface area (Å²) >= 11 is 0. The summed E-state index contributed by atoms with van der Waals surface area (Å²) in [5.41, 5.74) is -0.468. The van der Waals surface area contributed by atoms with Crippen LogP contribution >= 0.6 is 0 Å². The molecule has 0 N–H and O–H groups in total. The van der Waals surface area contributed by atoms with Crippen LogP contribution in [0.5, 0.6) is 5.88 Å². The highest BCUT2D eigenvalue weighted by atomic mass is 16.6. The van der Waals surface area contributed by atoms with Crippen LogP contribution in [0.25, 0.3) is 0 Å². The van der Waals surface area contributed by atoms with Gasteiger partial charge in [-0.25, -0.2) is 9.78 Å². The third-order valence-electron chi connectivity index (χ3n) is 3.04. The lowest BCUT2D eigenvalue weighted by molar-refractivity contribution is 0.0240. The van der Waals surface area contributed by atoms with Crippen LogP contribution in [0.15, 0.2) is 12.3 Å². The van der Waals surface area contributed by atoms with E-state index in [0.29, 0.717) is 38.0 Å². The molecule has 1 aromatic rings. The lowest BCUT2D eigenvalue weighted by atomic mass is 10.2. The Labute approximate surface area is 124 Å². The van der Waals surface area contributed by atoms with Gasteiger partial charge >= 0.3 is 6.09 Å². The Morgan fingerprint density at radius 3 is 2.48 bits per heavy atom.